The molecule has 14 heteroatoms. The molecule has 1 heterocycles. The third-order valence-corrected chi connectivity index (χ3v) is 6.09. The number of nitrogens with one attached hydrogen (secondary N) is 3. The Morgan fingerprint density at radius 3 is 2.63 bits per heavy atom. The number of benzene rings is 2. The van der Waals surface area contributed by atoms with E-state index in [2.05, 4.69) is 25.8 Å². The quantitative estimate of drug-likeness (QED) is 0.133. The van der Waals surface area contributed by atoms with Gasteiger partial charge in [0.15, 0.2) is 5.75 Å². The number of halogens is 2. The average molecular weight is 539 g/mol. The number of H-pyrrole nitrogens is 1. The maximum absolute atomic E-state index is 12.7. The van der Waals surface area contributed by atoms with Crippen molar-refractivity contribution in [2.24, 2.45) is 5.92 Å². The highest BCUT2D eigenvalue weighted by molar-refractivity contribution is 7.99. The number of aromatic amines is 1. The average Bonchev–Trinajstić information content (AvgIpc) is 3.25. The fourth-order valence-corrected chi connectivity index (χ4v) is 4.08. The van der Waals surface area contributed by atoms with Gasteiger partial charge in [-0.15, -0.1) is 5.10 Å². The first-order valence-electron chi connectivity index (χ1n) is 10.1. The molecule has 2 amide bonds. The van der Waals surface area contributed by atoms with E-state index in [1.54, 1.807) is 6.07 Å². The van der Waals surface area contributed by atoms with Crippen molar-refractivity contribution in [2.45, 2.75) is 25.0 Å². The van der Waals surface area contributed by atoms with Crippen LogP contribution in [0.15, 0.2) is 41.6 Å². The van der Waals surface area contributed by atoms with Crippen LogP contribution in [0.5, 0.6) is 5.75 Å². The minimum absolute atomic E-state index is 0.0515. The van der Waals surface area contributed by atoms with E-state index in [1.165, 1.54) is 18.2 Å². The van der Waals surface area contributed by atoms with E-state index in [4.69, 9.17) is 23.2 Å². The molecule has 0 radical (unpaired) electrons. The number of rotatable bonds is 9. The van der Waals surface area contributed by atoms with E-state index in [0.717, 1.165) is 23.9 Å². The minimum atomic E-state index is -0.750. The molecule has 3 rings (SSSR count). The molecule has 3 aromatic rings. The number of hydrogen-bond donors (Lipinski definition) is 4. The second kappa shape index (κ2) is 11.4. The van der Waals surface area contributed by atoms with Crippen molar-refractivity contribution in [3.63, 3.8) is 0 Å². The summed E-state index contributed by atoms with van der Waals surface area (Å²) in [5.41, 5.74) is -0.0862. The van der Waals surface area contributed by atoms with Crippen LogP contribution in [0.2, 0.25) is 10.0 Å². The van der Waals surface area contributed by atoms with Crippen LogP contribution in [-0.2, 0) is 4.79 Å². The molecule has 0 unspecified atom stereocenters. The molecule has 0 spiro atoms. The highest BCUT2D eigenvalue weighted by Gasteiger charge is 2.24. The molecule has 0 aliphatic carbocycles. The maximum atomic E-state index is 12.7. The molecule has 2 aromatic carbocycles. The number of carbonyl (C=O) groups is 2. The maximum Gasteiger partial charge on any atom is 0.312 e. The summed E-state index contributed by atoms with van der Waals surface area (Å²) in [6.45, 7) is 3.79. The van der Waals surface area contributed by atoms with Crippen molar-refractivity contribution < 1.29 is 19.6 Å². The molecule has 0 bridgehead atoms. The van der Waals surface area contributed by atoms with Gasteiger partial charge in [-0.3, -0.25) is 24.8 Å². The first-order chi connectivity index (χ1) is 16.5. The summed E-state index contributed by atoms with van der Waals surface area (Å²) in [4.78, 5) is 39.5. The first kappa shape index (κ1) is 26.3. The summed E-state index contributed by atoms with van der Waals surface area (Å²) in [7, 11) is 0. The van der Waals surface area contributed by atoms with E-state index >= 15 is 0 Å². The number of nitro benzene ring substituents is 1. The molecule has 1 atom stereocenters. The van der Waals surface area contributed by atoms with Crippen LogP contribution in [-0.4, -0.2) is 42.8 Å². The molecular formula is C21H20Cl2N6O5S. The lowest BCUT2D eigenvalue weighted by Gasteiger charge is -2.20. The number of nitrogens with zero attached hydrogens (tertiary/aromatic N) is 3. The van der Waals surface area contributed by atoms with Gasteiger partial charge in [0.05, 0.1) is 27.3 Å². The zero-order valence-corrected chi connectivity index (χ0v) is 20.7. The highest BCUT2D eigenvalue weighted by atomic mass is 35.5. The topological polar surface area (TPSA) is 163 Å². The molecule has 11 nitrogen and oxygen atoms in total. The molecule has 0 fully saturated rings. The van der Waals surface area contributed by atoms with Crippen molar-refractivity contribution in [1.82, 2.24) is 20.5 Å². The van der Waals surface area contributed by atoms with Gasteiger partial charge in [-0.25, -0.2) is 4.98 Å². The number of hydrogen-bond acceptors (Lipinski definition) is 8. The van der Waals surface area contributed by atoms with E-state index in [-0.39, 0.29) is 33.1 Å². The van der Waals surface area contributed by atoms with Crippen LogP contribution < -0.4 is 10.6 Å². The standard InChI is InChI=1S/C21H20Cl2N6O5S/c1-10(2)18(25-20(32)13-5-3-11(22)7-14(13)23)19-26-21(28-27-19)35-9-17(31)24-12-4-6-16(30)15(8-12)29(33)34/h3-8,10,18,30H,9H2,1-2H3,(H,24,31)(H,25,32)(H,26,27,28)/t18-/m1/s1. The predicted molar refractivity (Wildman–Crippen MR) is 132 cm³/mol. The Kier molecular flexibility index (Phi) is 8.54. The molecule has 4 N–H and O–H groups in total. The van der Waals surface area contributed by atoms with Crippen LogP contribution in [0, 0.1) is 16.0 Å². The van der Waals surface area contributed by atoms with Crippen molar-refractivity contribution in [2.75, 3.05) is 11.1 Å². The zero-order chi connectivity index (χ0) is 25.7. The number of phenols is 1. The van der Waals surface area contributed by atoms with Crippen LogP contribution in [0.3, 0.4) is 0 Å². The van der Waals surface area contributed by atoms with Crippen molar-refractivity contribution in [1.29, 1.82) is 0 Å². The van der Waals surface area contributed by atoms with Gasteiger partial charge < -0.3 is 15.7 Å². The van der Waals surface area contributed by atoms with E-state index < -0.39 is 34.2 Å². The second-order valence-corrected chi connectivity index (χ2v) is 9.41. The number of carbonyl (C=O) groups excluding carboxylic acids is 2. The van der Waals surface area contributed by atoms with Crippen LogP contribution in [0.1, 0.15) is 36.1 Å². The Bertz CT molecular complexity index is 1270. The molecule has 35 heavy (non-hydrogen) atoms. The van der Waals surface area contributed by atoms with Crippen molar-refractivity contribution in [3.8, 4) is 5.75 Å². The Labute approximate surface area is 213 Å². The van der Waals surface area contributed by atoms with Gasteiger partial charge in [-0.05, 0) is 36.2 Å². The van der Waals surface area contributed by atoms with Gasteiger partial charge in [0.25, 0.3) is 5.91 Å². The zero-order valence-electron chi connectivity index (χ0n) is 18.4. The Balaban J connectivity index is 1.62. The van der Waals surface area contributed by atoms with E-state index in [1.807, 2.05) is 13.8 Å². The number of amides is 2. The predicted octanol–water partition coefficient (Wildman–Crippen LogP) is 4.58. The Morgan fingerprint density at radius 1 is 1.23 bits per heavy atom. The second-order valence-electron chi connectivity index (χ2n) is 7.62. The third-order valence-electron chi connectivity index (χ3n) is 4.69. The third kappa shape index (κ3) is 6.84. The lowest BCUT2D eigenvalue weighted by Crippen LogP contribution is -2.32. The number of nitro groups is 1. The van der Waals surface area contributed by atoms with Gasteiger partial charge in [0.2, 0.25) is 11.1 Å². The van der Waals surface area contributed by atoms with Gasteiger partial charge in [0.1, 0.15) is 5.82 Å². The highest BCUT2D eigenvalue weighted by Crippen LogP contribution is 2.29. The van der Waals surface area contributed by atoms with Crippen molar-refractivity contribution in [3.05, 3.63) is 67.9 Å². The number of thioether (sulfide) groups is 1. The molecule has 0 aliphatic rings. The summed E-state index contributed by atoms with van der Waals surface area (Å²) in [5.74, 6) is -1.09. The SMILES string of the molecule is CC(C)[C@@H](NC(=O)c1ccc(Cl)cc1Cl)c1nc(SCC(=O)Nc2ccc(O)c([N+](=O)[O-])c2)n[nH]1. The van der Waals surface area contributed by atoms with Gasteiger partial charge in [-0.2, -0.15) is 0 Å². The number of aromatic nitrogens is 3. The fraction of sp³-hybridized carbons (Fsp3) is 0.238. The molecule has 0 aliphatic heterocycles. The fourth-order valence-electron chi connectivity index (χ4n) is 2.98. The summed E-state index contributed by atoms with van der Waals surface area (Å²) in [5, 5.41) is 33.6. The summed E-state index contributed by atoms with van der Waals surface area (Å²) >= 11 is 13.1. The van der Waals surface area contributed by atoms with Gasteiger partial charge >= 0.3 is 5.69 Å². The lowest BCUT2D eigenvalue weighted by molar-refractivity contribution is -0.385. The Hall–Kier alpha value is -3.35. The van der Waals surface area contributed by atoms with Crippen molar-refractivity contribution >= 4 is 58.2 Å². The monoisotopic (exact) mass is 538 g/mol. The summed E-state index contributed by atoms with van der Waals surface area (Å²) < 4.78 is 0. The molecule has 184 valence electrons. The summed E-state index contributed by atoms with van der Waals surface area (Å²) in [6, 6.07) is 7.59. The molecule has 0 saturated heterocycles. The summed E-state index contributed by atoms with van der Waals surface area (Å²) in [6.07, 6.45) is 0. The molecule has 0 saturated carbocycles. The first-order valence-corrected chi connectivity index (χ1v) is 11.9. The van der Waals surface area contributed by atoms with Crippen LogP contribution in [0.25, 0.3) is 0 Å². The largest absolute Gasteiger partial charge is 0.502 e. The number of aromatic hydroxyl groups is 1. The van der Waals surface area contributed by atoms with Gasteiger partial charge in [-0.1, -0.05) is 48.8 Å². The van der Waals surface area contributed by atoms with Crippen LogP contribution >= 0.6 is 35.0 Å². The lowest BCUT2D eigenvalue weighted by atomic mass is 10.0. The minimum Gasteiger partial charge on any atom is -0.502 e. The smallest absolute Gasteiger partial charge is 0.312 e. The Morgan fingerprint density at radius 2 is 1.97 bits per heavy atom. The van der Waals surface area contributed by atoms with Gasteiger partial charge in [0, 0.05) is 16.8 Å². The van der Waals surface area contributed by atoms with E-state index in [9.17, 15) is 24.8 Å². The number of anilines is 1. The molecular weight excluding hydrogens is 519 g/mol. The normalized spacial score (nSPS) is 11.8. The molecule has 1 aromatic heterocycles. The van der Waals surface area contributed by atoms with Crippen LogP contribution in [0.4, 0.5) is 11.4 Å². The number of phenolic OH excluding ortho intramolecular Hbond substituents is 1. The van der Waals surface area contributed by atoms with E-state index in [0.29, 0.717) is 10.8 Å².